The zero-order chi connectivity index (χ0) is 18.7. The Morgan fingerprint density at radius 3 is 2.46 bits per heavy atom. The molecule has 1 aromatic rings. The number of amides is 2. The van der Waals surface area contributed by atoms with Crippen LogP contribution < -0.4 is 0 Å². The molecule has 0 N–H and O–H groups in total. The third-order valence-corrected chi connectivity index (χ3v) is 5.97. The van der Waals surface area contributed by atoms with Gasteiger partial charge in [-0.25, -0.2) is 22.5 Å². The number of para-hydroxylation sites is 1. The molecule has 0 aromatic heterocycles. The van der Waals surface area contributed by atoms with Gasteiger partial charge in [0.2, 0.25) is 5.91 Å². The first kappa shape index (κ1) is 18.2. The first-order chi connectivity index (χ1) is 12.4. The molecule has 1 fully saturated rings. The number of carbonyl (C=O) groups excluding carboxylic acids is 2. The van der Waals surface area contributed by atoms with Crippen LogP contribution in [0.3, 0.4) is 0 Å². The van der Waals surface area contributed by atoms with Crippen molar-refractivity contribution < 1.29 is 22.7 Å². The van der Waals surface area contributed by atoms with E-state index in [1.54, 1.807) is 30.0 Å². The van der Waals surface area contributed by atoms with Crippen LogP contribution in [0.15, 0.2) is 34.2 Å². The van der Waals surface area contributed by atoms with Crippen molar-refractivity contribution in [3.8, 4) is 0 Å². The topological polar surface area (TPSA) is 99.6 Å². The van der Waals surface area contributed by atoms with Crippen LogP contribution in [0.4, 0.5) is 10.5 Å². The molecule has 1 aromatic carbocycles. The zero-order valence-corrected chi connectivity index (χ0v) is 15.2. The van der Waals surface area contributed by atoms with Crippen molar-refractivity contribution >= 4 is 34.0 Å². The summed E-state index contributed by atoms with van der Waals surface area (Å²) in [6.07, 6.45) is 0.770. The minimum atomic E-state index is -3.80. The van der Waals surface area contributed by atoms with Gasteiger partial charge in [-0.05, 0) is 19.1 Å². The summed E-state index contributed by atoms with van der Waals surface area (Å²) in [5, 5.41) is 0. The molecule has 0 aliphatic carbocycles. The number of rotatable bonds is 3. The number of aliphatic imine (C=N–C) groups is 1. The molecule has 0 radical (unpaired) electrons. The fourth-order valence-electron chi connectivity index (χ4n) is 2.81. The monoisotopic (exact) mass is 380 g/mol. The fourth-order valence-corrected chi connectivity index (χ4v) is 4.15. The summed E-state index contributed by atoms with van der Waals surface area (Å²) >= 11 is 0. The van der Waals surface area contributed by atoms with Crippen LogP contribution in [0.25, 0.3) is 0 Å². The molecule has 9 nitrogen and oxygen atoms in total. The van der Waals surface area contributed by atoms with E-state index in [1.807, 2.05) is 0 Å². The summed E-state index contributed by atoms with van der Waals surface area (Å²) in [5.41, 5.74) is 0.360. The molecule has 140 valence electrons. The Kier molecular flexibility index (Phi) is 5.12. The molecule has 10 heteroatoms. The van der Waals surface area contributed by atoms with E-state index < -0.39 is 16.1 Å². The molecule has 0 unspecified atom stereocenters. The summed E-state index contributed by atoms with van der Waals surface area (Å²) in [6, 6.07) is 6.40. The SMILES string of the molecule is CCOC(=O)N1CCN(C(=O)CN2C=Nc3ccccc3S2(=O)=O)CC1. The Hall–Kier alpha value is -2.62. The van der Waals surface area contributed by atoms with Crippen molar-refractivity contribution in [1.29, 1.82) is 0 Å². The molecular formula is C16H20N4O5S. The zero-order valence-electron chi connectivity index (χ0n) is 14.4. The second-order valence-electron chi connectivity index (χ2n) is 5.83. The fraction of sp³-hybridized carbons (Fsp3) is 0.438. The summed E-state index contributed by atoms with van der Waals surface area (Å²) in [5.74, 6) is -0.331. The van der Waals surface area contributed by atoms with Crippen LogP contribution in [0.5, 0.6) is 0 Å². The predicted molar refractivity (Wildman–Crippen MR) is 93.7 cm³/mol. The number of carbonyl (C=O) groups is 2. The maximum Gasteiger partial charge on any atom is 0.409 e. The molecule has 2 heterocycles. The lowest BCUT2D eigenvalue weighted by atomic mass is 10.3. The van der Waals surface area contributed by atoms with E-state index in [-0.39, 0.29) is 17.3 Å². The molecule has 3 rings (SSSR count). The van der Waals surface area contributed by atoms with Gasteiger partial charge in [0.05, 0.1) is 12.3 Å². The van der Waals surface area contributed by atoms with Gasteiger partial charge in [0.25, 0.3) is 10.0 Å². The van der Waals surface area contributed by atoms with Crippen molar-refractivity contribution in [2.75, 3.05) is 39.3 Å². The Morgan fingerprint density at radius 2 is 1.77 bits per heavy atom. The van der Waals surface area contributed by atoms with Gasteiger partial charge in [0.15, 0.2) is 0 Å². The van der Waals surface area contributed by atoms with Crippen LogP contribution in [0.2, 0.25) is 0 Å². The van der Waals surface area contributed by atoms with Gasteiger partial charge >= 0.3 is 6.09 Å². The van der Waals surface area contributed by atoms with Gasteiger partial charge in [0.1, 0.15) is 17.8 Å². The highest BCUT2D eigenvalue weighted by Crippen LogP contribution is 2.29. The molecular weight excluding hydrogens is 360 g/mol. The van der Waals surface area contributed by atoms with E-state index in [0.717, 1.165) is 4.31 Å². The van der Waals surface area contributed by atoms with E-state index in [9.17, 15) is 18.0 Å². The van der Waals surface area contributed by atoms with E-state index in [2.05, 4.69) is 4.99 Å². The molecule has 2 amide bonds. The average Bonchev–Trinajstić information content (AvgIpc) is 2.64. The Bertz CT molecular complexity index is 831. The third-order valence-electron chi connectivity index (χ3n) is 4.23. The molecule has 26 heavy (non-hydrogen) atoms. The summed E-state index contributed by atoms with van der Waals surface area (Å²) in [7, 11) is -3.80. The minimum Gasteiger partial charge on any atom is -0.450 e. The Labute approximate surface area is 151 Å². The second-order valence-corrected chi connectivity index (χ2v) is 7.69. The maximum absolute atomic E-state index is 12.6. The third kappa shape index (κ3) is 3.50. The summed E-state index contributed by atoms with van der Waals surface area (Å²) in [4.78, 5) is 31.4. The standard InChI is InChI=1S/C16H20N4O5S/c1-2-25-16(22)19-9-7-18(8-10-19)15(21)11-20-12-17-13-5-3-4-6-14(13)26(20,23)24/h3-6,12H,2,7-11H2,1H3. The van der Waals surface area contributed by atoms with Crippen LogP contribution in [0.1, 0.15) is 6.92 Å². The number of nitrogens with zero attached hydrogens (tertiary/aromatic N) is 4. The number of fused-ring (bicyclic) bond motifs is 1. The van der Waals surface area contributed by atoms with E-state index in [1.165, 1.54) is 17.3 Å². The van der Waals surface area contributed by atoms with E-state index in [4.69, 9.17) is 4.74 Å². The first-order valence-electron chi connectivity index (χ1n) is 8.28. The maximum atomic E-state index is 12.6. The van der Waals surface area contributed by atoms with Gasteiger partial charge in [-0.1, -0.05) is 12.1 Å². The van der Waals surface area contributed by atoms with Crippen LogP contribution >= 0.6 is 0 Å². The van der Waals surface area contributed by atoms with Crippen molar-refractivity contribution in [1.82, 2.24) is 14.1 Å². The highest BCUT2D eigenvalue weighted by molar-refractivity contribution is 7.89. The molecule has 0 atom stereocenters. The van der Waals surface area contributed by atoms with E-state index in [0.29, 0.717) is 38.5 Å². The highest BCUT2D eigenvalue weighted by atomic mass is 32.2. The quantitative estimate of drug-likeness (QED) is 0.767. The van der Waals surface area contributed by atoms with Gasteiger partial charge in [-0.15, -0.1) is 0 Å². The number of sulfonamides is 1. The van der Waals surface area contributed by atoms with Crippen molar-refractivity contribution in [3.63, 3.8) is 0 Å². The van der Waals surface area contributed by atoms with Gasteiger partial charge in [-0.2, -0.15) is 0 Å². The van der Waals surface area contributed by atoms with Gasteiger partial charge in [-0.3, -0.25) is 4.79 Å². The highest BCUT2D eigenvalue weighted by Gasteiger charge is 2.32. The predicted octanol–water partition coefficient (Wildman–Crippen LogP) is 0.651. The molecule has 0 saturated carbocycles. The number of hydrogen-bond acceptors (Lipinski definition) is 6. The number of benzene rings is 1. The molecule has 2 aliphatic rings. The molecule has 1 saturated heterocycles. The number of hydrogen-bond donors (Lipinski definition) is 0. The Morgan fingerprint density at radius 1 is 1.12 bits per heavy atom. The van der Waals surface area contributed by atoms with Crippen molar-refractivity contribution in [2.24, 2.45) is 4.99 Å². The normalized spacial score (nSPS) is 18.4. The minimum absolute atomic E-state index is 0.0856. The van der Waals surface area contributed by atoms with Gasteiger partial charge in [0, 0.05) is 26.2 Å². The number of piperazine rings is 1. The number of ether oxygens (including phenoxy) is 1. The van der Waals surface area contributed by atoms with Crippen LogP contribution in [0, 0.1) is 0 Å². The lowest BCUT2D eigenvalue weighted by Crippen LogP contribution is -2.53. The van der Waals surface area contributed by atoms with Crippen LogP contribution in [-0.4, -0.2) is 80.2 Å². The van der Waals surface area contributed by atoms with Gasteiger partial charge < -0.3 is 14.5 Å². The molecule has 2 aliphatic heterocycles. The van der Waals surface area contributed by atoms with Crippen molar-refractivity contribution in [3.05, 3.63) is 24.3 Å². The first-order valence-corrected chi connectivity index (χ1v) is 9.72. The lowest BCUT2D eigenvalue weighted by Gasteiger charge is -2.35. The molecule has 0 spiro atoms. The second kappa shape index (κ2) is 7.32. The summed E-state index contributed by atoms with van der Waals surface area (Å²) in [6.45, 7) is 3.09. The largest absolute Gasteiger partial charge is 0.450 e. The van der Waals surface area contributed by atoms with Crippen molar-refractivity contribution in [2.45, 2.75) is 11.8 Å². The molecule has 0 bridgehead atoms. The smallest absolute Gasteiger partial charge is 0.409 e. The summed E-state index contributed by atoms with van der Waals surface area (Å²) < 4.78 is 31.2. The Balaban J connectivity index is 1.62. The van der Waals surface area contributed by atoms with E-state index >= 15 is 0 Å². The van der Waals surface area contributed by atoms with Crippen LogP contribution in [-0.2, 0) is 19.6 Å². The average molecular weight is 380 g/mol. The lowest BCUT2D eigenvalue weighted by molar-refractivity contribution is -0.132.